The molecular weight excluding hydrogens is 242 g/mol. The Morgan fingerprint density at radius 3 is 2.79 bits per heavy atom. The number of fused-ring (bicyclic) bond motifs is 1. The quantitative estimate of drug-likeness (QED) is 0.830. The monoisotopic (exact) mass is 261 g/mol. The van der Waals surface area contributed by atoms with Gasteiger partial charge in [-0.3, -0.25) is 0 Å². The van der Waals surface area contributed by atoms with Crippen LogP contribution in [0.25, 0.3) is 10.9 Å². The SMILES string of the molecule is CCOC(=O)c1c(CC(C)C)[nH]c2ccc(O)cc12. The molecule has 102 valence electrons. The molecule has 2 N–H and O–H groups in total. The van der Waals surface area contributed by atoms with Crippen molar-refractivity contribution in [2.24, 2.45) is 5.92 Å². The Balaban J connectivity index is 2.59. The molecule has 2 rings (SSSR count). The van der Waals surface area contributed by atoms with Crippen molar-refractivity contribution in [1.82, 2.24) is 4.98 Å². The lowest BCUT2D eigenvalue weighted by Gasteiger charge is -2.06. The molecular formula is C15H19NO3. The van der Waals surface area contributed by atoms with E-state index in [-0.39, 0.29) is 11.7 Å². The number of aromatic amines is 1. The summed E-state index contributed by atoms with van der Waals surface area (Å²) < 4.78 is 5.12. The Hall–Kier alpha value is -1.97. The van der Waals surface area contributed by atoms with E-state index in [1.165, 1.54) is 0 Å². The van der Waals surface area contributed by atoms with Crippen molar-refractivity contribution < 1.29 is 14.6 Å². The van der Waals surface area contributed by atoms with Gasteiger partial charge in [0, 0.05) is 16.6 Å². The van der Waals surface area contributed by atoms with Gasteiger partial charge in [-0.2, -0.15) is 0 Å². The smallest absolute Gasteiger partial charge is 0.340 e. The van der Waals surface area contributed by atoms with Gasteiger partial charge in [-0.25, -0.2) is 4.79 Å². The normalized spacial score (nSPS) is 11.2. The van der Waals surface area contributed by atoms with Crippen LogP contribution in [-0.2, 0) is 11.2 Å². The third-order valence-corrected chi connectivity index (χ3v) is 2.95. The van der Waals surface area contributed by atoms with E-state index in [2.05, 4.69) is 18.8 Å². The van der Waals surface area contributed by atoms with Crippen LogP contribution in [-0.4, -0.2) is 22.7 Å². The van der Waals surface area contributed by atoms with E-state index in [1.807, 2.05) is 0 Å². The maximum atomic E-state index is 12.1. The fourth-order valence-corrected chi connectivity index (χ4v) is 2.23. The van der Waals surface area contributed by atoms with E-state index in [4.69, 9.17) is 4.74 Å². The summed E-state index contributed by atoms with van der Waals surface area (Å²) in [6.45, 7) is 6.31. The van der Waals surface area contributed by atoms with E-state index < -0.39 is 0 Å². The van der Waals surface area contributed by atoms with Gasteiger partial charge >= 0.3 is 5.97 Å². The molecule has 0 spiro atoms. The number of carbonyl (C=O) groups is 1. The summed E-state index contributed by atoms with van der Waals surface area (Å²) in [6.07, 6.45) is 0.767. The van der Waals surface area contributed by atoms with Gasteiger partial charge in [0.1, 0.15) is 5.75 Å². The van der Waals surface area contributed by atoms with Crippen LogP contribution in [0.15, 0.2) is 18.2 Å². The second kappa shape index (κ2) is 5.34. The van der Waals surface area contributed by atoms with E-state index in [0.717, 1.165) is 17.6 Å². The van der Waals surface area contributed by atoms with E-state index in [0.29, 0.717) is 23.5 Å². The first-order valence-corrected chi connectivity index (χ1v) is 6.53. The van der Waals surface area contributed by atoms with Crippen LogP contribution >= 0.6 is 0 Å². The summed E-state index contributed by atoms with van der Waals surface area (Å²) >= 11 is 0. The molecule has 0 fully saturated rings. The number of phenolic OH excluding ortho intramolecular Hbond substituents is 1. The second-order valence-electron chi connectivity index (χ2n) is 5.03. The van der Waals surface area contributed by atoms with E-state index in [9.17, 15) is 9.90 Å². The summed E-state index contributed by atoms with van der Waals surface area (Å²) in [5.74, 6) is 0.234. The van der Waals surface area contributed by atoms with Gasteiger partial charge in [-0.15, -0.1) is 0 Å². The first kappa shape index (κ1) is 13.5. The number of aromatic hydroxyl groups is 1. The number of ether oxygens (including phenoxy) is 1. The highest BCUT2D eigenvalue weighted by atomic mass is 16.5. The third-order valence-electron chi connectivity index (χ3n) is 2.95. The Morgan fingerprint density at radius 2 is 2.16 bits per heavy atom. The molecule has 4 heteroatoms. The fraction of sp³-hybridized carbons (Fsp3) is 0.400. The van der Waals surface area contributed by atoms with Crippen molar-refractivity contribution in [2.75, 3.05) is 6.61 Å². The molecule has 0 radical (unpaired) electrons. The predicted octanol–water partition coefficient (Wildman–Crippen LogP) is 3.25. The molecule has 0 aliphatic heterocycles. The zero-order valence-corrected chi connectivity index (χ0v) is 11.5. The van der Waals surface area contributed by atoms with Crippen LogP contribution < -0.4 is 0 Å². The second-order valence-corrected chi connectivity index (χ2v) is 5.03. The third kappa shape index (κ3) is 2.72. The van der Waals surface area contributed by atoms with Crippen LogP contribution in [0, 0.1) is 5.92 Å². The maximum Gasteiger partial charge on any atom is 0.340 e. The van der Waals surface area contributed by atoms with Crippen LogP contribution in [0.5, 0.6) is 5.75 Å². The number of aromatic nitrogens is 1. The Labute approximate surface area is 112 Å². The molecule has 19 heavy (non-hydrogen) atoms. The molecule has 4 nitrogen and oxygen atoms in total. The molecule has 1 aromatic carbocycles. The molecule has 2 aromatic rings. The van der Waals surface area contributed by atoms with Crippen LogP contribution in [0.2, 0.25) is 0 Å². The van der Waals surface area contributed by atoms with E-state index in [1.54, 1.807) is 25.1 Å². The molecule has 0 amide bonds. The number of benzene rings is 1. The molecule has 0 atom stereocenters. The molecule has 1 heterocycles. The lowest BCUT2D eigenvalue weighted by atomic mass is 10.0. The predicted molar refractivity (Wildman–Crippen MR) is 74.5 cm³/mol. The fourth-order valence-electron chi connectivity index (χ4n) is 2.23. The number of esters is 1. The molecule has 0 unspecified atom stereocenters. The summed E-state index contributed by atoms with van der Waals surface area (Å²) in [7, 11) is 0. The highest BCUT2D eigenvalue weighted by molar-refractivity contribution is 6.06. The summed E-state index contributed by atoms with van der Waals surface area (Å²) in [5.41, 5.74) is 2.26. The highest BCUT2D eigenvalue weighted by Crippen LogP contribution is 2.28. The largest absolute Gasteiger partial charge is 0.508 e. The van der Waals surface area contributed by atoms with Gasteiger partial charge in [0.2, 0.25) is 0 Å². The van der Waals surface area contributed by atoms with Crippen molar-refractivity contribution >= 4 is 16.9 Å². The Bertz CT molecular complexity index is 599. The molecule has 0 aliphatic rings. The molecule has 0 saturated carbocycles. The zero-order valence-electron chi connectivity index (χ0n) is 11.5. The van der Waals surface area contributed by atoms with Crippen LogP contribution in [0.1, 0.15) is 36.8 Å². The van der Waals surface area contributed by atoms with Gasteiger partial charge in [0.05, 0.1) is 12.2 Å². The summed E-state index contributed by atoms with van der Waals surface area (Å²) in [5, 5.41) is 10.3. The minimum absolute atomic E-state index is 0.146. The van der Waals surface area contributed by atoms with Crippen molar-refractivity contribution in [3.63, 3.8) is 0 Å². The summed E-state index contributed by atoms with van der Waals surface area (Å²) in [4.78, 5) is 15.4. The highest BCUT2D eigenvalue weighted by Gasteiger charge is 2.20. The Kier molecular flexibility index (Phi) is 3.79. The summed E-state index contributed by atoms with van der Waals surface area (Å²) in [6, 6.07) is 4.98. The van der Waals surface area contributed by atoms with Gasteiger partial charge in [0.15, 0.2) is 0 Å². The van der Waals surface area contributed by atoms with Crippen LogP contribution in [0.4, 0.5) is 0 Å². The van der Waals surface area contributed by atoms with Gasteiger partial charge in [-0.1, -0.05) is 13.8 Å². The van der Waals surface area contributed by atoms with Crippen molar-refractivity contribution in [3.05, 3.63) is 29.5 Å². The van der Waals surface area contributed by atoms with Gasteiger partial charge in [0.25, 0.3) is 0 Å². The molecule has 0 saturated heterocycles. The topological polar surface area (TPSA) is 62.3 Å². The van der Waals surface area contributed by atoms with Crippen molar-refractivity contribution in [2.45, 2.75) is 27.2 Å². The lowest BCUT2D eigenvalue weighted by molar-refractivity contribution is 0.0527. The average molecular weight is 261 g/mol. The first-order valence-electron chi connectivity index (χ1n) is 6.53. The number of hydrogen-bond donors (Lipinski definition) is 2. The van der Waals surface area contributed by atoms with Gasteiger partial charge in [-0.05, 0) is 37.5 Å². The molecule has 0 bridgehead atoms. The number of hydrogen-bond acceptors (Lipinski definition) is 3. The molecule has 1 aromatic heterocycles. The first-order chi connectivity index (χ1) is 9.02. The van der Waals surface area contributed by atoms with Crippen LogP contribution in [0.3, 0.4) is 0 Å². The number of H-pyrrole nitrogens is 1. The number of rotatable bonds is 4. The van der Waals surface area contributed by atoms with Gasteiger partial charge < -0.3 is 14.8 Å². The van der Waals surface area contributed by atoms with Crippen molar-refractivity contribution in [1.29, 1.82) is 0 Å². The van der Waals surface area contributed by atoms with E-state index >= 15 is 0 Å². The lowest BCUT2D eigenvalue weighted by Crippen LogP contribution is -2.08. The number of nitrogens with one attached hydrogen (secondary N) is 1. The Morgan fingerprint density at radius 1 is 1.42 bits per heavy atom. The maximum absolute atomic E-state index is 12.1. The molecule has 0 aliphatic carbocycles. The number of carbonyl (C=O) groups excluding carboxylic acids is 1. The number of phenols is 1. The minimum Gasteiger partial charge on any atom is -0.508 e. The van der Waals surface area contributed by atoms with Crippen molar-refractivity contribution in [3.8, 4) is 5.75 Å². The zero-order chi connectivity index (χ0) is 14.0. The minimum atomic E-state index is -0.338. The standard InChI is InChI=1S/C15H19NO3/c1-4-19-15(18)14-11-8-10(17)5-6-12(11)16-13(14)7-9(2)3/h5-6,8-9,16-17H,4,7H2,1-3H3. The average Bonchev–Trinajstić information content (AvgIpc) is 2.65.